The van der Waals surface area contributed by atoms with Crippen molar-refractivity contribution in [3.8, 4) is 0 Å². The average Bonchev–Trinajstić information content (AvgIpc) is 3.17. The summed E-state index contributed by atoms with van der Waals surface area (Å²) in [4.78, 5) is 37.0. The second kappa shape index (κ2) is 39.8. The zero-order chi connectivity index (χ0) is 42.1. The molecular weight excluding hydrogens is 715 g/mol. The lowest BCUT2D eigenvalue weighted by Gasteiger charge is -2.31. The highest BCUT2D eigenvalue weighted by molar-refractivity contribution is 5.72. The summed E-state index contributed by atoms with van der Waals surface area (Å²) in [7, 11) is 5.51. The van der Waals surface area contributed by atoms with E-state index in [0.29, 0.717) is 19.3 Å². The Labute approximate surface area is 349 Å². The molecule has 0 saturated carbocycles. The second-order valence-electron chi connectivity index (χ2n) is 16.3. The van der Waals surface area contributed by atoms with Gasteiger partial charge >= 0.3 is 17.9 Å². The first-order valence-electron chi connectivity index (χ1n) is 22.8. The van der Waals surface area contributed by atoms with Crippen LogP contribution in [-0.4, -0.2) is 80.6 Å². The van der Waals surface area contributed by atoms with Crippen LogP contribution in [0.5, 0.6) is 0 Å². The predicted octanol–water partition coefficient (Wildman–Crippen LogP) is 12.6. The van der Waals surface area contributed by atoms with Crippen LogP contribution in [0.4, 0.5) is 0 Å². The molecule has 0 radical (unpaired) electrons. The standard InChI is InChI=1S/C49H85NO7/c1-6-8-10-12-14-16-18-20-22-23-24-26-27-29-31-33-35-37-39-47(51)56-44-45(43-55-42-41-46(49(53)54)50(3,4)5)57-48(52)40-38-36-34-32-30-28-25-21-19-17-15-13-11-9-7-2/h9,11,15,17,21-23,25,30,32,45-46H,6-8,10,12-14,16,18-20,24,26-29,31,33-44H2,1-5H3/p+1/b11-9-,17-15-,23-22-,25-21-,32-30-. The van der Waals surface area contributed by atoms with Crippen molar-refractivity contribution in [1.29, 1.82) is 0 Å². The van der Waals surface area contributed by atoms with Gasteiger partial charge in [0.2, 0.25) is 0 Å². The molecule has 8 nitrogen and oxygen atoms in total. The topological polar surface area (TPSA) is 99.1 Å². The SMILES string of the molecule is CC/C=C\C/C=C\C/C=C\C/C=C\CCCCC(=O)OC(COCCC(C(=O)O)[N+](C)(C)C)COC(=O)CCCCCCCCC/C=C\CCCCCCCCC. The van der Waals surface area contributed by atoms with Crippen molar-refractivity contribution >= 4 is 17.9 Å². The van der Waals surface area contributed by atoms with Crippen LogP contribution in [0.15, 0.2) is 60.8 Å². The van der Waals surface area contributed by atoms with Crippen LogP contribution in [0.2, 0.25) is 0 Å². The molecule has 2 atom stereocenters. The highest BCUT2D eigenvalue weighted by Crippen LogP contribution is 2.13. The fourth-order valence-electron chi connectivity index (χ4n) is 6.37. The predicted molar refractivity (Wildman–Crippen MR) is 238 cm³/mol. The van der Waals surface area contributed by atoms with Gasteiger partial charge in [0.05, 0.1) is 34.4 Å². The van der Waals surface area contributed by atoms with E-state index >= 15 is 0 Å². The molecule has 0 spiro atoms. The van der Waals surface area contributed by atoms with Crippen LogP contribution in [0.25, 0.3) is 0 Å². The number of ether oxygens (including phenoxy) is 3. The zero-order valence-electron chi connectivity index (χ0n) is 37.3. The Kier molecular flexibility index (Phi) is 37.8. The molecule has 8 heteroatoms. The molecule has 0 aromatic rings. The van der Waals surface area contributed by atoms with Gasteiger partial charge in [0.1, 0.15) is 6.61 Å². The number of carboxylic acid groups (broad SMARTS) is 1. The van der Waals surface area contributed by atoms with Crippen molar-refractivity contribution < 1.29 is 38.2 Å². The van der Waals surface area contributed by atoms with Gasteiger partial charge in [-0.1, -0.05) is 145 Å². The number of carbonyl (C=O) groups is 3. The number of quaternary nitrogens is 1. The molecule has 0 aliphatic rings. The molecule has 0 heterocycles. The van der Waals surface area contributed by atoms with E-state index in [-0.39, 0.29) is 42.7 Å². The van der Waals surface area contributed by atoms with Crippen LogP contribution < -0.4 is 0 Å². The Morgan fingerprint density at radius 2 is 0.982 bits per heavy atom. The molecule has 0 saturated heterocycles. The van der Waals surface area contributed by atoms with E-state index in [2.05, 4.69) is 74.6 Å². The number of unbranched alkanes of at least 4 members (excludes halogenated alkanes) is 16. The number of aliphatic carboxylic acids is 1. The molecule has 0 amide bonds. The molecule has 0 rings (SSSR count). The van der Waals surface area contributed by atoms with Crippen LogP contribution in [0.1, 0.15) is 181 Å². The largest absolute Gasteiger partial charge is 0.477 e. The molecule has 0 bridgehead atoms. The van der Waals surface area contributed by atoms with Crippen LogP contribution in [0.3, 0.4) is 0 Å². The van der Waals surface area contributed by atoms with E-state index in [0.717, 1.165) is 57.8 Å². The maximum atomic E-state index is 12.7. The molecule has 57 heavy (non-hydrogen) atoms. The smallest absolute Gasteiger partial charge is 0.362 e. The van der Waals surface area contributed by atoms with Crippen LogP contribution in [-0.2, 0) is 28.6 Å². The lowest BCUT2D eigenvalue weighted by molar-refractivity contribution is -0.887. The molecule has 328 valence electrons. The number of allylic oxidation sites excluding steroid dienone is 10. The maximum Gasteiger partial charge on any atom is 0.362 e. The van der Waals surface area contributed by atoms with Gasteiger partial charge in [-0.05, 0) is 77.0 Å². The van der Waals surface area contributed by atoms with Crippen molar-refractivity contribution in [3.05, 3.63) is 60.8 Å². The summed E-state index contributed by atoms with van der Waals surface area (Å²) in [6.07, 6.45) is 48.4. The lowest BCUT2D eigenvalue weighted by atomic mass is 10.1. The van der Waals surface area contributed by atoms with E-state index in [4.69, 9.17) is 14.2 Å². The third-order valence-electron chi connectivity index (χ3n) is 9.90. The van der Waals surface area contributed by atoms with Gasteiger partial charge in [0, 0.05) is 19.3 Å². The molecule has 0 aromatic carbocycles. The fraction of sp³-hybridized carbons (Fsp3) is 0.735. The Hall–Kier alpha value is -2.97. The van der Waals surface area contributed by atoms with E-state index in [1.807, 2.05) is 21.1 Å². The number of carbonyl (C=O) groups excluding carboxylic acids is 2. The third kappa shape index (κ3) is 38.3. The minimum absolute atomic E-state index is 0.0411. The fourth-order valence-corrected chi connectivity index (χ4v) is 6.37. The third-order valence-corrected chi connectivity index (χ3v) is 9.90. The van der Waals surface area contributed by atoms with Gasteiger partial charge in [-0.3, -0.25) is 9.59 Å². The van der Waals surface area contributed by atoms with Crippen molar-refractivity contribution in [3.63, 3.8) is 0 Å². The minimum atomic E-state index is -0.884. The Bertz CT molecular complexity index is 1120. The molecule has 0 aromatic heterocycles. The van der Waals surface area contributed by atoms with Gasteiger partial charge in [-0.2, -0.15) is 0 Å². The van der Waals surface area contributed by atoms with E-state index in [1.54, 1.807) is 0 Å². The van der Waals surface area contributed by atoms with E-state index in [1.165, 1.54) is 83.5 Å². The van der Waals surface area contributed by atoms with Gasteiger partial charge in [-0.25, -0.2) is 4.79 Å². The highest BCUT2D eigenvalue weighted by atomic mass is 16.6. The summed E-state index contributed by atoms with van der Waals surface area (Å²) in [5.74, 6) is -1.53. The number of likely N-dealkylation sites (N-methyl/N-ethyl adjacent to an activating group) is 1. The summed E-state index contributed by atoms with van der Waals surface area (Å²) >= 11 is 0. The number of nitrogens with zero attached hydrogens (tertiary/aromatic N) is 1. The Morgan fingerprint density at radius 3 is 1.51 bits per heavy atom. The summed E-state index contributed by atoms with van der Waals surface area (Å²) < 4.78 is 17.2. The number of esters is 2. The summed E-state index contributed by atoms with van der Waals surface area (Å²) in [5.41, 5.74) is 0. The molecular formula is C49H86NO7+. The minimum Gasteiger partial charge on any atom is -0.477 e. The van der Waals surface area contributed by atoms with Crippen LogP contribution >= 0.6 is 0 Å². The first-order chi connectivity index (χ1) is 27.6. The monoisotopic (exact) mass is 801 g/mol. The first-order valence-corrected chi connectivity index (χ1v) is 22.8. The highest BCUT2D eigenvalue weighted by Gasteiger charge is 2.31. The van der Waals surface area contributed by atoms with Gasteiger partial charge in [-0.15, -0.1) is 0 Å². The summed E-state index contributed by atoms with van der Waals surface area (Å²) in [6.45, 7) is 4.57. The van der Waals surface area contributed by atoms with E-state index < -0.39 is 18.1 Å². The van der Waals surface area contributed by atoms with Gasteiger partial charge < -0.3 is 23.8 Å². The maximum absolute atomic E-state index is 12.7. The zero-order valence-corrected chi connectivity index (χ0v) is 37.3. The van der Waals surface area contributed by atoms with Crippen LogP contribution in [0, 0.1) is 0 Å². The van der Waals surface area contributed by atoms with Gasteiger partial charge in [0.15, 0.2) is 12.1 Å². The average molecular weight is 801 g/mol. The molecule has 1 N–H and O–H groups in total. The van der Waals surface area contributed by atoms with Gasteiger partial charge in [0.25, 0.3) is 0 Å². The number of hydrogen-bond acceptors (Lipinski definition) is 6. The number of carboxylic acids is 1. The number of rotatable bonds is 40. The first kappa shape index (κ1) is 54.0. The van der Waals surface area contributed by atoms with Crippen molar-refractivity contribution in [1.82, 2.24) is 0 Å². The molecule has 2 unspecified atom stereocenters. The Balaban J connectivity index is 4.38. The normalized spacial score (nSPS) is 13.5. The number of hydrogen-bond donors (Lipinski definition) is 1. The molecule has 0 aliphatic carbocycles. The Morgan fingerprint density at radius 1 is 0.544 bits per heavy atom. The van der Waals surface area contributed by atoms with E-state index in [9.17, 15) is 19.5 Å². The van der Waals surface area contributed by atoms with Crippen molar-refractivity contribution in [2.75, 3.05) is 41.0 Å². The molecule has 0 fully saturated rings. The van der Waals surface area contributed by atoms with Crippen molar-refractivity contribution in [2.45, 2.75) is 193 Å². The summed E-state index contributed by atoms with van der Waals surface area (Å²) in [6, 6.07) is -0.624. The second-order valence-corrected chi connectivity index (χ2v) is 16.3. The summed E-state index contributed by atoms with van der Waals surface area (Å²) in [5, 5.41) is 9.62. The lowest BCUT2D eigenvalue weighted by Crippen LogP contribution is -2.50. The quantitative estimate of drug-likeness (QED) is 0.0285. The molecule has 0 aliphatic heterocycles. The van der Waals surface area contributed by atoms with Crippen molar-refractivity contribution in [2.24, 2.45) is 0 Å².